The summed E-state index contributed by atoms with van der Waals surface area (Å²) in [5.74, 6) is -2.44. The second kappa shape index (κ2) is 8.67. The minimum absolute atomic E-state index is 0.0159. The quantitative estimate of drug-likeness (QED) is 0.332. The lowest BCUT2D eigenvalue weighted by molar-refractivity contribution is -0.140. The molecule has 0 spiro atoms. The van der Waals surface area contributed by atoms with Gasteiger partial charge in [0.05, 0.1) is 17.4 Å². The lowest BCUT2D eigenvalue weighted by atomic mass is 9.89. The minimum atomic E-state index is -1.05. The highest BCUT2D eigenvalue weighted by atomic mass is 16.4. The number of carbonyl (C=O) groups is 3. The third kappa shape index (κ3) is 3.79. The van der Waals surface area contributed by atoms with Crippen LogP contribution in [0.3, 0.4) is 0 Å². The minimum Gasteiger partial charge on any atom is -0.507 e. The van der Waals surface area contributed by atoms with Crippen molar-refractivity contribution in [2.24, 2.45) is 0 Å². The first-order chi connectivity index (χ1) is 16.4. The number of ketones is 1. The Labute approximate surface area is 195 Å². The molecule has 7 heteroatoms. The van der Waals surface area contributed by atoms with Crippen molar-refractivity contribution >= 4 is 23.4 Å². The van der Waals surface area contributed by atoms with Crippen LogP contribution in [0.2, 0.25) is 0 Å². The third-order valence-electron chi connectivity index (χ3n) is 6.53. The first-order valence-corrected chi connectivity index (χ1v) is 11.2. The van der Waals surface area contributed by atoms with E-state index in [0.717, 1.165) is 31.2 Å². The Morgan fingerprint density at radius 3 is 2.32 bits per heavy atom. The number of Topliss-reactive ketones (excluding diaryl/α,β-unsaturated/α-hetero) is 1. The van der Waals surface area contributed by atoms with Gasteiger partial charge in [-0.15, -0.1) is 0 Å². The third-order valence-corrected chi connectivity index (χ3v) is 6.53. The van der Waals surface area contributed by atoms with E-state index in [9.17, 15) is 19.5 Å². The number of nitrogens with zero attached hydrogens (tertiary/aromatic N) is 1. The van der Waals surface area contributed by atoms with Crippen LogP contribution in [0.4, 0.5) is 0 Å². The van der Waals surface area contributed by atoms with Crippen LogP contribution in [0.25, 0.3) is 5.76 Å². The van der Waals surface area contributed by atoms with E-state index in [1.165, 1.54) is 28.9 Å². The Morgan fingerprint density at radius 1 is 0.941 bits per heavy atom. The molecule has 0 radical (unpaired) electrons. The number of carboxylic acids is 1. The van der Waals surface area contributed by atoms with E-state index in [4.69, 9.17) is 9.52 Å². The van der Waals surface area contributed by atoms with Crippen molar-refractivity contribution in [2.75, 3.05) is 0 Å². The largest absolute Gasteiger partial charge is 0.507 e. The molecule has 1 saturated heterocycles. The summed E-state index contributed by atoms with van der Waals surface area (Å²) in [6, 6.07) is 14.2. The molecule has 1 aromatic heterocycles. The summed E-state index contributed by atoms with van der Waals surface area (Å²) in [6.45, 7) is 0.0524. The number of benzene rings is 2. The van der Waals surface area contributed by atoms with Gasteiger partial charge in [0.25, 0.3) is 11.7 Å². The molecule has 1 aliphatic carbocycles. The van der Waals surface area contributed by atoms with E-state index in [2.05, 4.69) is 0 Å². The predicted octanol–water partition coefficient (Wildman–Crippen LogP) is 4.48. The Hall–Kier alpha value is -4.13. The van der Waals surface area contributed by atoms with Crippen molar-refractivity contribution in [2.45, 2.75) is 38.3 Å². The number of likely N-dealkylation sites (tertiary alicyclic amines) is 1. The highest BCUT2D eigenvalue weighted by Crippen LogP contribution is 2.40. The maximum absolute atomic E-state index is 13.1. The van der Waals surface area contributed by atoms with Crippen LogP contribution < -0.4 is 0 Å². The molecule has 1 aliphatic heterocycles. The Morgan fingerprint density at radius 2 is 1.65 bits per heavy atom. The van der Waals surface area contributed by atoms with Crippen molar-refractivity contribution in [3.05, 3.63) is 100 Å². The topological polar surface area (TPSA) is 108 Å². The van der Waals surface area contributed by atoms with E-state index in [1.807, 2.05) is 12.1 Å². The number of aliphatic hydroxyl groups is 1. The van der Waals surface area contributed by atoms with E-state index < -0.39 is 23.7 Å². The lowest BCUT2D eigenvalue weighted by Crippen LogP contribution is -2.29. The zero-order valence-corrected chi connectivity index (χ0v) is 18.4. The number of amides is 1. The number of furan rings is 1. The number of hydrogen-bond acceptors (Lipinski definition) is 5. The van der Waals surface area contributed by atoms with Gasteiger partial charge in [0.15, 0.2) is 0 Å². The van der Waals surface area contributed by atoms with E-state index >= 15 is 0 Å². The maximum atomic E-state index is 13.1. The molecule has 1 fully saturated rings. The van der Waals surface area contributed by atoms with Gasteiger partial charge in [-0.1, -0.05) is 24.3 Å². The van der Waals surface area contributed by atoms with Crippen LogP contribution in [0, 0.1) is 0 Å². The van der Waals surface area contributed by atoms with E-state index in [-0.39, 0.29) is 23.4 Å². The monoisotopic (exact) mass is 457 g/mol. The summed E-state index contributed by atoms with van der Waals surface area (Å²) in [5, 5.41) is 20.4. The van der Waals surface area contributed by atoms with Crippen LogP contribution in [0.5, 0.6) is 0 Å². The van der Waals surface area contributed by atoms with Gasteiger partial charge in [0.2, 0.25) is 0 Å². The Bertz CT molecular complexity index is 1300. The van der Waals surface area contributed by atoms with Crippen molar-refractivity contribution in [3.8, 4) is 0 Å². The van der Waals surface area contributed by atoms with Crippen molar-refractivity contribution in [1.82, 2.24) is 4.90 Å². The fraction of sp³-hybridized carbons (Fsp3) is 0.222. The molecule has 34 heavy (non-hydrogen) atoms. The maximum Gasteiger partial charge on any atom is 0.335 e. The molecule has 3 aromatic rings. The van der Waals surface area contributed by atoms with Crippen LogP contribution >= 0.6 is 0 Å². The fourth-order valence-corrected chi connectivity index (χ4v) is 4.77. The molecule has 2 heterocycles. The molecule has 2 aromatic carbocycles. The van der Waals surface area contributed by atoms with Crippen molar-refractivity contribution < 1.29 is 29.0 Å². The zero-order valence-electron chi connectivity index (χ0n) is 18.4. The molecule has 1 atom stereocenters. The van der Waals surface area contributed by atoms with Gasteiger partial charge >= 0.3 is 5.97 Å². The van der Waals surface area contributed by atoms with Gasteiger partial charge in [-0.25, -0.2) is 4.79 Å². The number of fused-ring (bicyclic) bond motifs is 1. The summed E-state index contributed by atoms with van der Waals surface area (Å²) in [7, 11) is 0. The highest BCUT2D eigenvalue weighted by molar-refractivity contribution is 6.46. The van der Waals surface area contributed by atoms with Crippen LogP contribution in [0.1, 0.15) is 57.3 Å². The molecule has 172 valence electrons. The zero-order chi connectivity index (χ0) is 23.8. The van der Waals surface area contributed by atoms with Gasteiger partial charge in [0, 0.05) is 12.1 Å². The first kappa shape index (κ1) is 21.7. The molecular weight excluding hydrogens is 434 g/mol. The van der Waals surface area contributed by atoms with Crippen LogP contribution in [-0.2, 0) is 29.0 Å². The van der Waals surface area contributed by atoms with Gasteiger partial charge in [-0.05, 0) is 72.7 Å². The average molecular weight is 457 g/mol. The van der Waals surface area contributed by atoms with E-state index in [0.29, 0.717) is 16.9 Å². The Balaban J connectivity index is 1.56. The molecule has 5 rings (SSSR count). The molecule has 7 nitrogen and oxygen atoms in total. The smallest absolute Gasteiger partial charge is 0.335 e. The average Bonchev–Trinajstić information content (AvgIpc) is 3.46. The standard InChI is InChI=1S/C27H23NO6/c29-24(20-12-11-17-4-1-2-5-19(17)14-20)22-23(21-6-3-13-34-21)28(26(31)25(22)30)15-16-7-9-18(10-8-16)27(32)33/h3,6-14,23,29H,1-2,4-5,15H2,(H,32,33)/b24-22-. The highest BCUT2D eigenvalue weighted by Gasteiger charge is 2.47. The normalized spacial score (nSPS) is 19.3. The van der Waals surface area contributed by atoms with Gasteiger partial charge in [-0.3, -0.25) is 9.59 Å². The summed E-state index contributed by atoms with van der Waals surface area (Å²) in [5.41, 5.74) is 3.66. The predicted molar refractivity (Wildman–Crippen MR) is 123 cm³/mol. The molecular formula is C27H23NO6. The van der Waals surface area contributed by atoms with Gasteiger partial charge in [0.1, 0.15) is 17.6 Å². The summed E-state index contributed by atoms with van der Waals surface area (Å²) in [4.78, 5) is 38.7. The van der Waals surface area contributed by atoms with Gasteiger partial charge < -0.3 is 19.5 Å². The molecule has 2 aliphatic rings. The number of aliphatic hydroxyl groups excluding tert-OH is 1. The molecule has 2 N–H and O–H groups in total. The first-order valence-electron chi connectivity index (χ1n) is 11.2. The summed E-state index contributed by atoms with van der Waals surface area (Å²) >= 11 is 0. The number of carbonyl (C=O) groups excluding carboxylic acids is 2. The fourth-order valence-electron chi connectivity index (χ4n) is 4.77. The van der Waals surface area contributed by atoms with E-state index in [1.54, 1.807) is 30.3 Å². The number of aromatic carboxylic acids is 1. The number of carboxylic acid groups (broad SMARTS) is 1. The molecule has 0 saturated carbocycles. The summed E-state index contributed by atoms with van der Waals surface area (Å²) < 4.78 is 5.57. The van der Waals surface area contributed by atoms with Crippen molar-refractivity contribution in [1.29, 1.82) is 0 Å². The summed E-state index contributed by atoms with van der Waals surface area (Å²) in [6.07, 6.45) is 5.58. The van der Waals surface area contributed by atoms with Crippen LogP contribution in [0.15, 0.2) is 70.9 Å². The molecule has 0 bridgehead atoms. The van der Waals surface area contributed by atoms with Gasteiger partial charge in [-0.2, -0.15) is 0 Å². The molecule has 1 amide bonds. The Kier molecular flexibility index (Phi) is 5.53. The number of aryl methyl sites for hydroxylation is 2. The van der Waals surface area contributed by atoms with Crippen LogP contribution in [-0.4, -0.2) is 32.8 Å². The second-order valence-corrected chi connectivity index (χ2v) is 8.64. The second-order valence-electron chi connectivity index (χ2n) is 8.64. The lowest BCUT2D eigenvalue weighted by Gasteiger charge is -2.23. The van der Waals surface area contributed by atoms with Crippen molar-refractivity contribution in [3.63, 3.8) is 0 Å². The number of hydrogen-bond donors (Lipinski definition) is 2. The SMILES string of the molecule is O=C1C(=O)N(Cc2ccc(C(=O)O)cc2)C(c2ccco2)/C1=C(/O)c1ccc2c(c1)CCCC2. The number of rotatable bonds is 5. The molecule has 1 unspecified atom stereocenters.